The van der Waals surface area contributed by atoms with Crippen molar-refractivity contribution in [2.45, 2.75) is 25.4 Å². The highest BCUT2D eigenvalue weighted by Crippen LogP contribution is 2.34. The zero-order valence-electron chi connectivity index (χ0n) is 18.9. The summed E-state index contributed by atoms with van der Waals surface area (Å²) in [6, 6.07) is 7.08. The van der Waals surface area contributed by atoms with Crippen molar-refractivity contribution in [1.82, 2.24) is 9.88 Å². The highest BCUT2D eigenvalue weighted by Gasteiger charge is 2.34. The minimum atomic E-state index is -1.07. The summed E-state index contributed by atoms with van der Waals surface area (Å²) >= 11 is 1.59. The average Bonchev–Trinajstić information content (AvgIpc) is 3.36. The Labute approximate surface area is 202 Å². The Hall–Kier alpha value is -2.99. The first-order valence-corrected chi connectivity index (χ1v) is 12.2. The molecule has 1 aliphatic rings. The van der Waals surface area contributed by atoms with E-state index >= 15 is 0 Å². The number of likely N-dealkylation sites (tertiary alicyclic amines) is 1. The van der Waals surface area contributed by atoms with E-state index in [4.69, 9.17) is 4.74 Å². The van der Waals surface area contributed by atoms with Gasteiger partial charge in [-0.25, -0.2) is 4.39 Å². The molecule has 1 saturated heterocycles. The highest BCUT2D eigenvalue weighted by molar-refractivity contribution is 7.08. The summed E-state index contributed by atoms with van der Waals surface area (Å²) in [4.78, 5) is 18.1. The first-order valence-electron chi connectivity index (χ1n) is 11.2. The predicted molar refractivity (Wildman–Crippen MR) is 129 cm³/mol. The third kappa shape index (κ3) is 5.55. The molecule has 3 atom stereocenters. The molecule has 0 bridgehead atoms. The molecule has 1 aliphatic heterocycles. The van der Waals surface area contributed by atoms with Gasteiger partial charge in [0.25, 0.3) is 0 Å². The zero-order valence-corrected chi connectivity index (χ0v) is 19.7. The van der Waals surface area contributed by atoms with Gasteiger partial charge >= 0.3 is 5.97 Å². The fourth-order valence-electron chi connectivity index (χ4n) is 4.58. The van der Waals surface area contributed by atoms with Gasteiger partial charge in [-0.2, -0.15) is 11.3 Å². The van der Waals surface area contributed by atoms with Crippen LogP contribution in [0.2, 0.25) is 0 Å². The second kappa shape index (κ2) is 11.0. The van der Waals surface area contributed by atoms with Crippen LogP contribution in [-0.2, 0) is 4.79 Å². The number of thiophene rings is 1. The van der Waals surface area contributed by atoms with E-state index in [1.165, 1.54) is 7.11 Å². The van der Waals surface area contributed by atoms with Gasteiger partial charge in [-0.1, -0.05) is 11.8 Å². The SMILES string of the molecule is COc1ccc2ncc(F)c([C@H](O)CCC3CCN(CC#Cc4ccsc4)CC3C(=O)O)c2c1. The van der Waals surface area contributed by atoms with E-state index in [0.29, 0.717) is 42.6 Å². The normalized spacial score (nSPS) is 19.4. The lowest BCUT2D eigenvalue weighted by Gasteiger charge is -2.36. The number of pyridine rings is 1. The lowest BCUT2D eigenvalue weighted by molar-refractivity contribution is -0.146. The van der Waals surface area contributed by atoms with Gasteiger partial charge < -0.3 is 14.9 Å². The molecule has 178 valence electrons. The second-order valence-corrected chi connectivity index (χ2v) is 9.32. The first kappa shape index (κ1) is 24.1. The number of aliphatic carboxylic acids is 1. The number of carboxylic acid groups (broad SMARTS) is 1. The second-order valence-electron chi connectivity index (χ2n) is 8.54. The lowest BCUT2D eigenvalue weighted by Crippen LogP contribution is -2.44. The average molecular weight is 483 g/mol. The zero-order chi connectivity index (χ0) is 24.1. The number of ether oxygens (including phenoxy) is 1. The van der Waals surface area contributed by atoms with Crippen molar-refractivity contribution >= 4 is 28.2 Å². The van der Waals surface area contributed by atoms with Crippen molar-refractivity contribution in [3.63, 3.8) is 0 Å². The number of aliphatic hydroxyl groups is 1. The number of halogens is 1. The van der Waals surface area contributed by atoms with Crippen molar-refractivity contribution < 1.29 is 24.1 Å². The van der Waals surface area contributed by atoms with Crippen LogP contribution in [0, 0.1) is 29.5 Å². The molecule has 1 aromatic carbocycles. The lowest BCUT2D eigenvalue weighted by atomic mass is 9.81. The summed E-state index contributed by atoms with van der Waals surface area (Å²) in [5, 5.41) is 25.2. The minimum absolute atomic E-state index is 0.0982. The molecule has 3 heterocycles. The van der Waals surface area contributed by atoms with Gasteiger partial charge in [0.15, 0.2) is 0 Å². The van der Waals surface area contributed by atoms with Crippen LogP contribution in [0.3, 0.4) is 0 Å². The van der Waals surface area contributed by atoms with Crippen LogP contribution in [0.15, 0.2) is 41.2 Å². The number of hydrogen-bond acceptors (Lipinski definition) is 6. The Bertz CT molecular complexity index is 1200. The number of hydrogen-bond donors (Lipinski definition) is 2. The van der Waals surface area contributed by atoms with Crippen LogP contribution in [0.1, 0.15) is 36.5 Å². The van der Waals surface area contributed by atoms with Crippen molar-refractivity contribution in [2.75, 3.05) is 26.7 Å². The molecule has 0 spiro atoms. The molecule has 4 rings (SSSR count). The van der Waals surface area contributed by atoms with E-state index in [9.17, 15) is 19.4 Å². The van der Waals surface area contributed by atoms with Crippen molar-refractivity contribution in [3.05, 3.63) is 58.2 Å². The van der Waals surface area contributed by atoms with Gasteiger partial charge in [0.05, 0.1) is 37.4 Å². The number of aliphatic hydroxyl groups excluding tert-OH is 1. The number of fused-ring (bicyclic) bond motifs is 1. The van der Waals surface area contributed by atoms with E-state index in [0.717, 1.165) is 18.3 Å². The Morgan fingerprint density at radius 1 is 1.41 bits per heavy atom. The van der Waals surface area contributed by atoms with Gasteiger partial charge in [-0.3, -0.25) is 14.7 Å². The maximum atomic E-state index is 14.7. The summed E-state index contributed by atoms with van der Waals surface area (Å²) < 4.78 is 19.9. The molecular weight excluding hydrogens is 455 g/mol. The molecule has 2 aromatic heterocycles. The number of carboxylic acids is 1. The van der Waals surface area contributed by atoms with E-state index in [1.807, 2.05) is 16.8 Å². The van der Waals surface area contributed by atoms with Gasteiger partial charge in [0.2, 0.25) is 0 Å². The standard InChI is InChI=1S/C26H27FN2O4S/c1-33-19-5-6-23-20(13-19)25(22(27)14-28-23)24(30)7-4-18-8-11-29(15-21(18)26(31)32)10-2-3-17-9-12-34-16-17/h5-6,9,12-14,16,18,21,24,30H,4,7-8,10-11,15H2,1H3,(H,31,32)/t18?,21?,24-/m1/s1. The summed E-state index contributed by atoms with van der Waals surface area (Å²) in [5.41, 5.74) is 1.71. The smallest absolute Gasteiger partial charge is 0.308 e. The van der Waals surface area contributed by atoms with Crippen LogP contribution < -0.4 is 4.74 Å². The van der Waals surface area contributed by atoms with Crippen LogP contribution in [0.5, 0.6) is 5.75 Å². The molecule has 34 heavy (non-hydrogen) atoms. The van der Waals surface area contributed by atoms with E-state index in [1.54, 1.807) is 29.5 Å². The predicted octanol–water partition coefficient (Wildman–Crippen LogP) is 4.33. The van der Waals surface area contributed by atoms with E-state index in [-0.39, 0.29) is 17.9 Å². The quantitative estimate of drug-likeness (QED) is 0.488. The van der Waals surface area contributed by atoms with Gasteiger partial charge in [0.1, 0.15) is 11.6 Å². The summed E-state index contributed by atoms with van der Waals surface area (Å²) in [6.07, 6.45) is 1.49. The van der Waals surface area contributed by atoms with Crippen LogP contribution >= 0.6 is 11.3 Å². The fraction of sp³-hybridized carbons (Fsp3) is 0.385. The molecule has 0 saturated carbocycles. The van der Waals surface area contributed by atoms with Crippen molar-refractivity contribution in [3.8, 4) is 17.6 Å². The van der Waals surface area contributed by atoms with Crippen LogP contribution in [-0.4, -0.2) is 52.8 Å². The number of carbonyl (C=O) groups is 1. The van der Waals surface area contributed by atoms with Gasteiger partial charge in [0, 0.05) is 28.4 Å². The Balaban J connectivity index is 1.42. The fourth-order valence-corrected chi connectivity index (χ4v) is 5.16. The topological polar surface area (TPSA) is 82.9 Å². The maximum Gasteiger partial charge on any atom is 0.308 e. The molecule has 0 aliphatic carbocycles. The number of methoxy groups -OCH3 is 1. The minimum Gasteiger partial charge on any atom is -0.497 e. The molecule has 2 N–H and O–H groups in total. The van der Waals surface area contributed by atoms with E-state index < -0.39 is 23.8 Å². The maximum absolute atomic E-state index is 14.7. The molecular formula is C26H27FN2O4S. The number of aromatic nitrogens is 1. The molecule has 3 aromatic rings. The van der Waals surface area contributed by atoms with Gasteiger partial charge in [-0.15, -0.1) is 0 Å². The molecule has 8 heteroatoms. The molecule has 0 radical (unpaired) electrons. The highest BCUT2D eigenvalue weighted by atomic mass is 32.1. The molecule has 2 unspecified atom stereocenters. The largest absolute Gasteiger partial charge is 0.497 e. The summed E-state index contributed by atoms with van der Waals surface area (Å²) in [6.45, 7) is 1.68. The number of rotatable bonds is 7. The number of nitrogens with zero attached hydrogens (tertiary/aromatic N) is 2. The summed E-state index contributed by atoms with van der Waals surface area (Å²) in [7, 11) is 1.52. The van der Waals surface area contributed by atoms with Crippen molar-refractivity contribution in [2.24, 2.45) is 11.8 Å². The number of benzene rings is 1. The number of piperidine rings is 1. The van der Waals surface area contributed by atoms with Crippen LogP contribution in [0.4, 0.5) is 4.39 Å². The van der Waals surface area contributed by atoms with Crippen molar-refractivity contribution in [1.29, 1.82) is 0 Å². The Morgan fingerprint density at radius 3 is 3.00 bits per heavy atom. The molecule has 6 nitrogen and oxygen atoms in total. The van der Waals surface area contributed by atoms with Gasteiger partial charge in [-0.05, 0) is 61.4 Å². The monoisotopic (exact) mass is 482 g/mol. The van der Waals surface area contributed by atoms with E-state index in [2.05, 4.69) is 21.7 Å². The third-order valence-corrected chi connectivity index (χ3v) is 7.11. The Kier molecular flexibility index (Phi) is 7.78. The van der Waals surface area contributed by atoms with Crippen LogP contribution in [0.25, 0.3) is 10.9 Å². The molecule has 1 fully saturated rings. The molecule has 0 amide bonds. The first-order chi connectivity index (χ1) is 16.5. The summed E-state index contributed by atoms with van der Waals surface area (Å²) in [5.74, 6) is 4.70. The third-order valence-electron chi connectivity index (χ3n) is 6.43. The Morgan fingerprint density at radius 2 is 2.26 bits per heavy atom.